The van der Waals surface area contributed by atoms with E-state index in [0.29, 0.717) is 40.4 Å². The number of amides is 4. The van der Waals surface area contributed by atoms with Crippen LogP contribution in [0.15, 0.2) is 77.4 Å². The molecule has 4 amide bonds. The molecule has 0 aliphatic carbocycles. The highest BCUT2D eigenvalue weighted by Crippen LogP contribution is 2.35. The van der Waals surface area contributed by atoms with Gasteiger partial charge >= 0.3 is 6.03 Å². The van der Waals surface area contributed by atoms with Gasteiger partial charge in [-0.25, -0.2) is 9.18 Å². The predicted octanol–water partition coefficient (Wildman–Crippen LogP) is 4.40. The lowest BCUT2D eigenvalue weighted by atomic mass is 10.0. The highest BCUT2D eigenvalue weighted by Gasteiger charge is 2.36. The number of nitrogens with zero attached hydrogens (tertiary/aromatic N) is 1. The molecule has 0 bridgehead atoms. The number of halogens is 1. The molecular weight excluding hydrogens is 467 g/mol. The van der Waals surface area contributed by atoms with Crippen molar-refractivity contribution in [2.24, 2.45) is 0 Å². The van der Waals surface area contributed by atoms with E-state index in [1.165, 1.54) is 31.6 Å². The van der Waals surface area contributed by atoms with Crippen molar-refractivity contribution in [2.75, 3.05) is 7.11 Å². The standard InChI is InChI=1S/C27H23FN2O6/c1-3-6-19-11-18(14-23(34-2)24(19)36-16-17-7-4-8-20(28)12-17)13-22-25(31)29-27(33)30(26(22)32)15-21-9-5-10-35-21/h3-5,7-14H,1,6,15-16H2,2H3,(H,29,31,33). The number of furan rings is 1. The van der Waals surface area contributed by atoms with Gasteiger partial charge in [-0.15, -0.1) is 6.58 Å². The third kappa shape index (κ3) is 5.35. The maximum Gasteiger partial charge on any atom is 0.331 e. The predicted molar refractivity (Wildman–Crippen MR) is 128 cm³/mol. The number of urea groups is 1. The molecule has 2 aromatic carbocycles. The van der Waals surface area contributed by atoms with Gasteiger partial charge in [0.1, 0.15) is 23.8 Å². The molecule has 0 radical (unpaired) electrons. The normalized spacial score (nSPS) is 14.7. The fourth-order valence-electron chi connectivity index (χ4n) is 3.73. The molecule has 1 aliphatic rings. The monoisotopic (exact) mass is 490 g/mol. The summed E-state index contributed by atoms with van der Waals surface area (Å²) in [6.07, 6.45) is 4.87. The molecule has 8 nitrogen and oxygen atoms in total. The van der Waals surface area contributed by atoms with Crippen LogP contribution in [0.1, 0.15) is 22.5 Å². The van der Waals surface area contributed by atoms with Crippen molar-refractivity contribution in [1.82, 2.24) is 10.2 Å². The molecule has 36 heavy (non-hydrogen) atoms. The Balaban J connectivity index is 1.65. The number of hydrogen-bond acceptors (Lipinski definition) is 6. The second-order valence-electron chi connectivity index (χ2n) is 7.91. The summed E-state index contributed by atoms with van der Waals surface area (Å²) in [5.74, 6) is -0.761. The fourth-order valence-corrected chi connectivity index (χ4v) is 3.73. The molecule has 0 unspecified atom stereocenters. The lowest BCUT2D eigenvalue weighted by Gasteiger charge is -2.25. The van der Waals surface area contributed by atoms with E-state index in [9.17, 15) is 18.8 Å². The molecule has 1 saturated heterocycles. The van der Waals surface area contributed by atoms with Crippen LogP contribution >= 0.6 is 0 Å². The number of nitrogens with one attached hydrogen (secondary N) is 1. The number of rotatable bonds is 9. The van der Waals surface area contributed by atoms with Gasteiger partial charge in [0.25, 0.3) is 11.8 Å². The number of carbonyl (C=O) groups excluding carboxylic acids is 3. The first-order valence-corrected chi connectivity index (χ1v) is 11.0. The summed E-state index contributed by atoms with van der Waals surface area (Å²) in [5, 5.41) is 2.18. The van der Waals surface area contributed by atoms with Crippen molar-refractivity contribution in [3.8, 4) is 11.5 Å². The van der Waals surface area contributed by atoms with Crippen LogP contribution < -0.4 is 14.8 Å². The summed E-state index contributed by atoms with van der Waals surface area (Å²) in [6.45, 7) is 3.75. The summed E-state index contributed by atoms with van der Waals surface area (Å²) in [5.41, 5.74) is 1.58. The topological polar surface area (TPSA) is 98.1 Å². The van der Waals surface area contributed by atoms with E-state index in [1.54, 1.807) is 42.5 Å². The third-order valence-electron chi connectivity index (χ3n) is 5.40. The second kappa shape index (κ2) is 10.7. The average molecular weight is 490 g/mol. The van der Waals surface area contributed by atoms with Gasteiger partial charge in [-0.05, 0) is 60.0 Å². The highest BCUT2D eigenvalue weighted by atomic mass is 19.1. The van der Waals surface area contributed by atoms with Crippen molar-refractivity contribution in [1.29, 1.82) is 0 Å². The SMILES string of the molecule is C=CCc1cc(C=C2C(=O)NC(=O)N(Cc3ccco3)C2=O)cc(OC)c1OCc1cccc(F)c1. The van der Waals surface area contributed by atoms with Gasteiger partial charge in [-0.2, -0.15) is 0 Å². The summed E-state index contributed by atoms with van der Waals surface area (Å²) in [4.78, 5) is 38.7. The first kappa shape index (κ1) is 24.5. The molecule has 0 atom stereocenters. The number of barbiturate groups is 1. The first-order chi connectivity index (χ1) is 17.4. The maximum atomic E-state index is 13.5. The number of ether oxygens (including phenoxy) is 2. The molecule has 3 aromatic rings. The minimum Gasteiger partial charge on any atom is -0.493 e. The number of allylic oxidation sites excluding steroid dienone is 1. The number of benzene rings is 2. The smallest absolute Gasteiger partial charge is 0.331 e. The molecule has 1 aliphatic heterocycles. The number of imide groups is 2. The number of carbonyl (C=O) groups is 3. The van der Waals surface area contributed by atoms with Gasteiger partial charge in [0.15, 0.2) is 11.5 Å². The zero-order chi connectivity index (χ0) is 25.7. The van der Waals surface area contributed by atoms with Crippen LogP contribution in [0, 0.1) is 5.82 Å². The lowest BCUT2D eigenvalue weighted by molar-refractivity contribution is -0.130. The largest absolute Gasteiger partial charge is 0.493 e. The molecule has 2 heterocycles. The molecule has 4 rings (SSSR count). The molecule has 1 fully saturated rings. The molecular formula is C27H23FN2O6. The summed E-state index contributed by atoms with van der Waals surface area (Å²) in [6, 6.07) is 11.8. The average Bonchev–Trinajstić information content (AvgIpc) is 3.37. The maximum absolute atomic E-state index is 13.5. The van der Waals surface area contributed by atoms with Crippen LogP contribution in [0.4, 0.5) is 9.18 Å². The molecule has 0 saturated carbocycles. The van der Waals surface area contributed by atoms with Crippen LogP contribution in [-0.2, 0) is 29.2 Å². The minimum atomic E-state index is -0.829. The minimum absolute atomic E-state index is 0.101. The zero-order valence-electron chi connectivity index (χ0n) is 19.5. The van der Waals surface area contributed by atoms with E-state index in [0.717, 1.165) is 4.90 Å². The Morgan fingerprint density at radius 3 is 2.67 bits per heavy atom. The summed E-state index contributed by atoms with van der Waals surface area (Å²) >= 11 is 0. The third-order valence-corrected chi connectivity index (χ3v) is 5.40. The summed E-state index contributed by atoms with van der Waals surface area (Å²) < 4.78 is 30.2. The first-order valence-electron chi connectivity index (χ1n) is 11.0. The van der Waals surface area contributed by atoms with Crippen LogP contribution in [0.2, 0.25) is 0 Å². The molecule has 0 spiro atoms. The second-order valence-corrected chi connectivity index (χ2v) is 7.91. The molecule has 1 N–H and O–H groups in total. The Morgan fingerprint density at radius 1 is 1.14 bits per heavy atom. The van der Waals surface area contributed by atoms with Crippen LogP contribution in [0.3, 0.4) is 0 Å². The lowest BCUT2D eigenvalue weighted by Crippen LogP contribution is -2.53. The molecule has 9 heteroatoms. The van der Waals surface area contributed by atoms with E-state index in [2.05, 4.69) is 11.9 Å². The number of methoxy groups -OCH3 is 1. The van der Waals surface area contributed by atoms with Crippen molar-refractivity contribution in [2.45, 2.75) is 19.6 Å². The Labute approximate surface area is 206 Å². The summed E-state index contributed by atoms with van der Waals surface area (Å²) in [7, 11) is 1.46. The van der Waals surface area contributed by atoms with E-state index in [-0.39, 0.29) is 24.5 Å². The molecule has 1 aromatic heterocycles. The van der Waals surface area contributed by atoms with Gasteiger partial charge in [0, 0.05) is 5.56 Å². The number of hydrogen-bond donors (Lipinski definition) is 1. The Bertz CT molecular complexity index is 1350. The van der Waals surface area contributed by atoms with Crippen molar-refractivity contribution in [3.63, 3.8) is 0 Å². The van der Waals surface area contributed by atoms with E-state index in [4.69, 9.17) is 13.9 Å². The van der Waals surface area contributed by atoms with E-state index >= 15 is 0 Å². The quantitative estimate of drug-likeness (QED) is 0.271. The Kier molecular flexibility index (Phi) is 7.29. The zero-order valence-corrected chi connectivity index (χ0v) is 19.5. The Morgan fingerprint density at radius 2 is 1.97 bits per heavy atom. The fraction of sp³-hybridized carbons (Fsp3) is 0.148. The van der Waals surface area contributed by atoms with Gasteiger partial charge in [-0.3, -0.25) is 19.8 Å². The van der Waals surface area contributed by atoms with Gasteiger partial charge in [0.2, 0.25) is 0 Å². The van der Waals surface area contributed by atoms with Crippen LogP contribution in [0.5, 0.6) is 11.5 Å². The van der Waals surface area contributed by atoms with E-state index < -0.39 is 17.8 Å². The van der Waals surface area contributed by atoms with Crippen molar-refractivity contribution >= 4 is 23.9 Å². The van der Waals surface area contributed by atoms with Gasteiger partial charge < -0.3 is 13.9 Å². The van der Waals surface area contributed by atoms with Crippen molar-refractivity contribution in [3.05, 3.63) is 101 Å². The van der Waals surface area contributed by atoms with Gasteiger partial charge in [0.05, 0.1) is 19.9 Å². The molecule has 184 valence electrons. The van der Waals surface area contributed by atoms with Crippen molar-refractivity contribution < 1.29 is 32.7 Å². The van der Waals surface area contributed by atoms with Gasteiger partial charge in [-0.1, -0.05) is 18.2 Å². The van der Waals surface area contributed by atoms with Crippen LogP contribution in [0.25, 0.3) is 6.08 Å². The van der Waals surface area contributed by atoms with E-state index in [1.807, 2.05) is 0 Å². The van der Waals surface area contributed by atoms with Crippen LogP contribution in [-0.4, -0.2) is 29.9 Å². The Hall–Kier alpha value is -4.66. The highest BCUT2D eigenvalue weighted by molar-refractivity contribution is 6.30.